The number of nitrogens with zero attached hydrogens (tertiary/aromatic N) is 3. The first-order valence-electron chi connectivity index (χ1n) is 4.91. The van der Waals surface area contributed by atoms with Crippen LogP contribution in [0.1, 0.15) is 11.3 Å². The third-order valence-corrected chi connectivity index (χ3v) is 2.63. The SMILES string of the molecule is Nc1ncc(Br)nc1CCc1ccncc1. The van der Waals surface area contributed by atoms with Gasteiger partial charge in [0.2, 0.25) is 0 Å². The van der Waals surface area contributed by atoms with Crippen LogP contribution in [-0.2, 0) is 12.8 Å². The average molecular weight is 279 g/mol. The Hall–Kier alpha value is -1.49. The number of aromatic nitrogens is 3. The summed E-state index contributed by atoms with van der Waals surface area (Å²) >= 11 is 3.28. The van der Waals surface area contributed by atoms with Gasteiger partial charge in [-0.3, -0.25) is 4.98 Å². The highest BCUT2D eigenvalue weighted by molar-refractivity contribution is 9.10. The van der Waals surface area contributed by atoms with Gasteiger partial charge in [0.15, 0.2) is 0 Å². The number of hydrogen-bond acceptors (Lipinski definition) is 4. The Balaban J connectivity index is 2.08. The molecule has 0 bridgehead atoms. The predicted octanol–water partition coefficient (Wildman–Crippen LogP) is 2.00. The second kappa shape index (κ2) is 5.03. The third-order valence-electron chi connectivity index (χ3n) is 2.25. The van der Waals surface area contributed by atoms with Crippen molar-refractivity contribution in [3.63, 3.8) is 0 Å². The van der Waals surface area contributed by atoms with Crippen molar-refractivity contribution >= 4 is 21.7 Å². The fraction of sp³-hybridized carbons (Fsp3) is 0.182. The number of nitrogen functional groups attached to an aromatic ring is 1. The minimum atomic E-state index is 0.497. The van der Waals surface area contributed by atoms with Gasteiger partial charge in [-0.15, -0.1) is 0 Å². The lowest BCUT2D eigenvalue weighted by Crippen LogP contribution is -2.03. The average Bonchev–Trinajstić information content (AvgIpc) is 2.32. The molecule has 4 nitrogen and oxygen atoms in total. The lowest BCUT2D eigenvalue weighted by atomic mass is 10.1. The number of nitrogens with two attached hydrogens (primary N) is 1. The molecule has 5 heteroatoms. The molecule has 0 aliphatic rings. The van der Waals surface area contributed by atoms with Crippen LogP contribution in [0.3, 0.4) is 0 Å². The lowest BCUT2D eigenvalue weighted by molar-refractivity contribution is 0.895. The largest absolute Gasteiger partial charge is 0.382 e. The molecule has 0 atom stereocenters. The smallest absolute Gasteiger partial charge is 0.145 e. The van der Waals surface area contributed by atoms with Crippen LogP contribution in [0.25, 0.3) is 0 Å². The van der Waals surface area contributed by atoms with Gasteiger partial charge in [0, 0.05) is 12.4 Å². The molecule has 0 unspecified atom stereocenters. The number of pyridine rings is 1. The van der Waals surface area contributed by atoms with Crippen molar-refractivity contribution in [2.45, 2.75) is 12.8 Å². The number of hydrogen-bond donors (Lipinski definition) is 1. The molecular formula is C11H11BrN4. The molecule has 0 saturated carbocycles. The van der Waals surface area contributed by atoms with Gasteiger partial charge in [-0.1, -0.05) is 0 Å². The first kappa shape index (κ1) is 11.0. The fourth-order valence-corrected chi connectivity index (χ4v) is 1.72. The van der Waals surface area contributed by atoms with Crippen molar-refractivity contribution in [2.75, 3.05) is 5.73 Å². The topological polar surface area (TPSA) is 64.7 Å². The first-order valence-corrected chi connectivity index (χ1v) is 5.71. The summed E-state index contributed by atoms with van der Waals surface area (Å²) in [5, 5.41) is 0. The Morgan fingerprint density at radius 1 is 1.19 bits per heavy atom. The fourth-order valence-electron chi connectivity index (χ4n) is 1.41. The summed E-state index contributed by atoms with van der Waals surface area (Å²) < 4.78 is 0.714. The van der Waals surface area contributed by atoms with Gasteiger partial charge >= 0.3 is 0 Å². The molecule has 2 heterocycles. The van der Waals surface area contributed by atoms with E-state index in [1.807, 2.05) is 12.1 Å². The van der Waals surface area contributed by atoms with Gasteiger partial charge in [-0.2, -0.15) is 0 Å². The summed E-state index contributed by atoms with van der Waals surface area (Å²) in [4.78, 5) is 12.3. The van der Waals surface area contributed by atoms with Gasteiger partial charge in [-0.05, 0) is 46.5 Å². The molecule has 0 spiro atoms. The quantitative estimate of drug-likeness (QED) is 0.933. The Labute approximate surface area is 102 Å². The summed E-state index contributed by atoms with van der Waals surface area (Å²) in [6.45, 7) is 0. The van der Waals surface area contributed by atoms with Crippen molar-refractivity contribution in [1.82, 2.24) is 15.0 Å². The summed E-state index contributed by atoms with van der Waals surface area (Å²) in [5.74, 6) is 0.497. The van der Waals surface area contributed by atoms with E-state index < -0.39 is 0 Å². The molecule has 2 N–H and O–H groups in total. The lowest BCUT2D eigenvalue weighted by Gasteiger charge is -2.04. The molecule has 0 radical (unpaired) electrons. The molecule has 16 heavy (non-hydrogen) atoms. The summed E-state index contributed by atoms with van der Waals surface area (Å²) in [7, 11) is 0. The van der Waals surface area contributed by atoms with Crippen LogP contribution in [0.15, 0.2) is 35.3 Å². The maximum absolute atomic E-state index is 5.75. The van der Waals surface area contributed by atoms with Gasteiger partial charge < -0.3 is 5.73 Å². The summed E-state index contributed by atoms with van der Waals surface area (Å²) in [5.41, 5.74) is 7.79. The number of rotatable bonds is 3. The maximum atomic E-state index is 5.75. The van der Waals surface area contributed by atoms with Crippen LogP contribution in [0.2, 0.25) is 0 Å². The monoisotopic (exact) mass is 278 g/mol. The second-order valence-corrected chi connectivity index (χ2v) is 4.19. The van der Waals surface area contributed by atoms with E-state index in [4.69, 9.17) is 5.73 Å². The van der Waals surface area contributed by atoms with Crippen molar-refractivity contribution < 1.29 is 0 Å². The molecule has 0 fully saturated rings. The van der Waals surface area contributed by atoms with Gasteiger partial charge in [-0.25, -0.2) is 9.97 Å². The summed E-state index contributed by atoms with van der Waals surface area (Å²) in [6.07, 6.45) is 6.84. The zero-order chi connectivity index (χ0) is 11.4. The molecule has 0 aromatic carbocycles. The van der Waals surface area contributed by atoms with Crippen LogP contribution >= 0.6 is 15.9 Å². The van der Waals surface area contributed by atoms with E-state index in [1.54, 1.807) is 18.6 Å². The van der Waals surface area contributed by atoms with E-state index in [-0.39, 0.29) is 0 Å². The maximum Gasteiger partial charge on any atom is 0.145 e. The van der Waals surface area contributed by atoms with Crippen molar-refractivity contribution in [3.8, 4) is 0 Å². The number of aryl methyl sites for hydroxylation is 2. The van der Waals surface area contributed by atoms with E-state index in [0.29, 0.717) is 10.4 Å². The van der Waals surface area contributed by atoms with Crippen molar-refractivity contribution in [2.24, 2.45) is 0 Å². The number of anilines is 1. The van der Waals surface area contributed by atoms with Crippen LogP contribution in [0, 0.1) is 0 Å². The van der Waals surface area contributed by atoms with Gasteiger partial charge in [0.05, 0.1) is 11.9 Å². The molecule has 0 aliphatic heterocycles. The Morgan fingerprint density at radius 3 is 2.69 bits per heavy atom. The Kier molecular flexibility index (Phi) is 3.46. The molecule has 2 rings (SSSR count). The highest BCUT2D eigenvalue weighted by Crippen LogP contribution is 2.13. The van der Waals surface area contributed by atoms with Gasteiger partial charge in [0.1, 0.15) is 10.4 Å². The molecule has 0 saturated heterocycles. The Bertz CT molecular complexity index is 473. The van der Waals surface area contributed by atoms with Gasteiger partial charge in [0.25, 0.3) is 0 Å². The van der Waals surface area contributed by atoms with E-state index >= 15 is 0 Å². The van der Waals surface area contributed by atoms with Crippen molar-refractivity contribution in [3.05, 3.63) is 46.6 Å². The van der Waals surface area contributed by atoms with Crippen LogP contribution in [-0.4, -0.2) is 15.0 Å². The van der Waals surface area contributed by atoms with E-state index in [9.17, 15) is 0 Å². The van der Waals surface area contributed by atoms with E-state index in [1.165, 1.54) is 5.56 Å². The van der Waals surface area contributed by atoms with Crippen LogP contribution in [0.4, 0.5) is 5.82 Å². The zero-order valence-corrected chi connectivity index (χ0v) is 10.2. The third kappa shape index (κ3) is 2.76. The summed E-state index contributed by atoms with van der Waals surface area (Å²) in [6, 6.07) is 3.98. The van der Waals surface area contributed by atoms with E-state index in [0.717, 1.165) is 18.5 Å². The molecule has 2 aromatic rings. The molecule has 2 aromatic heterocycles. The van der Waals surface area contributed by atoms with Crippen molar-refractivity contribution in [1.29, 1.82) is 0 Å². The second-order valence-electron chi connectivity index (χ2n) is 3.38. The van der Waals surface area contributed by atoms with E-state index in [2.05, 4.69) is 30.9 Å². The molecule has 0 amide bonds. The van der Waals surface area contributed by atoms with Crippen LogP contribution in [0.5, 0.6) is 0 Å². The zero-order valence-electron chi connectivity index (χ0n) is 8.60. The molecular weight excluding hydrogens is 268 g/mol. The molecule has 0 aliphatic carbocycles. The normalized spacial score (nSPS) is 10.3. The first-order chi connectivity index (χ1) is 7.75. The highest BCUT2D eigenvalue weighted by atomic mass is 79.9. The minimum Gasteiger partial charge on any atom is -0.382 e. The Morgan fingerprint density at radius 2 is 1.94 bits per heavy atom. The minimum absolute atomic E-state index is 0.497. The number of halogens is 1. The van der Waals surface area contributed by atoms with Crippen LogP contribution < -0.4 is 5.73 Å². The predicted molar refractivity (Wildman–Crippen MR) is 65.8 cm³/mol. The standard InChI is InChI=1S/C11H11BrN4/c12-10-7-15-11(13)9(16-10)2-1-8-3-5-14-6-4-8/h3-7H,1-2H2,(H2,13,15). The molecule has 82 valence electrons. The highest BCUT2D eigenvalue weighted by Gasteiger charge is 2.03.